The van der Waals surface area contributed by atoms with E-state index in [-0.39, 0.29) is 11.5 Å². The number of fused-ring (bicyclic) bond motifs is 1. The number of carbonyl (C=O) groups excluding carboxylic acids is 2. The molecule has 0 aliphatic heterocycles. The first kappa shape index (κ1) is 24.5. The van der Waals surface area contributed by atoms with Crippen molar-refractivity contribution in [1.82, 2.24) is 4.57 Å². The van der Waals surface area contributed by atoms with Crippen molar-refractivity contribution in [2.75, 3.05) is 12.4 Å². The number of thiophene rings is 1. The second-order valence-electron chi connectivity index (χ2n) is 8.92. The Morgan fingerprint density at radius 3 is 2.63 bits per heavy atom. The van der Waals surface area contributed by atoms with Gasteiger partial charge in [0.15, 0.2) is 0 Å². The van der Waals surface area contributed by atoms with Crippen LogP contribution in [0.4, 0.5) is 5.69 Å². The number of rotatable bonds is 5. The van der Waals surface area contributed by atoms with Gasteiger partial charge in [-0.3, -0.25) is 4.79 Å². The highest BCUT2D eigenvalue weighted by Crippen LogP contribution is 2.39. The topological polar surface area (TPSA) is 84.1 Å². The van der Waals surface area contributed by atoms with E-state index in [1.54, 1.807) is 17.4 Å². The smallest absolute Gasteiger partial charge is 0.341 e. The summed E-state index contributed by atoms with van der Waals surface area (Å²) < 4.78 is 7.18. The van der Waals surface area contributed by atoms with Gasteiger partial charge in [0.25, 0.3) is 5.91 Å². The number of hydrogen-bond acceptors (Lipinski definition) is 5. The summed E-state index contributed by atoms with van der Waals surface area (Å²) in [5.74, 6) is -0.776. The quantitative estimate of drug-likeness (QED) is 0.272. The first-order valence-corrected chi connectivity index (χ1v) is 12.5. The Hall–Kier alpha value is -3.63. The fourth-order valence-electron chi connectivity index (χ4n) is 4.65. The van der Waals surface area contributed by atoms with Crippen LogP contribution in [-0.2, 0) is 22.4 Å². The monoisotopic (exact) mass is 487 g/mol. The average Bonchev–Trinajstić information content (AvgIpc) is 3.35. The highest BCUT2D eigenvalue weighted by molar-refractivity contribution is 7.15. The van der Waals surface area contributed by atoms with Crippen LogP contribution < -0.4 is 5.32 Å². The van der Waals surface area contributed by atoms with Crippen molar-refractivity contribution >= 4 is 35.0 Å². The Labute approximate surface area is 209 Å². The molecule has 7 heteroatoms. The number of carbonyl (C=O) groups is 2. The van der Waals surface area contributed by atoms with Gasteiger partial charge in [0.2, 0.25) is 0 Å². The summed E-state index contributed by atoms with van der Waals surface area (Å²) in [7, 11) is 1.41. The summed E-state index contributed by atoms with van der Waals surface area (Å²) in [6.07, 6.45) is 5.63. The number of esters is 1. The molecule has 6 nitrogen and oxygen atoms in total. The van der Waals surface area contributed by atoms with Crippen LogP contribution in [-0.4, -0.2) is 23.6 Å². The van der Waals surface area contributed by atoms with Crippen LogP contribution in [0.5, 0.6) is 0 Å². The third-order valence-electron chi connectivity index (χ3n) is 6.73. The average molecular weight is 488 g/mol. The van der Waals surface area contributed by atoms with Gasteiger partial charge in [-0.1, -0.05) is 12.1 Å². The van der Waals surface area contributed by atoms with Gasteiger partial charge in [-0.05, 0) is 93.8 Å². The minimum Gasteiger partial charge on any atom is -0.465 e. The fraction of sp³-hybridized carbons (Fsp3) is 0.321. The highest BCUT2D eigenvalue weighted by Gasteiger charge is 2.28. The van der Waals surface area contributed by atoms with Gasteiger partial charge in [0.1, 0.15) is 16.6 Å². The molecule has 2 aromatic heterocycles. The zero-order valence-corrected chi connectivity index (χ0v) is 21.6. The molecule has 0 atom stereocenters. The molecule has 4 rings (SSSR count). The number of nitrogens with one attached hydrogen (secondary N) is 1. The van der Waals surface area contributed by atoms with Crippen molar-refractivity contribution < 1.29 is 14.3 Å². The summed E-state index contributed by atoms with van der Waals surface area (Å²) in [6, 6.07) is 9.67. The molecule has 2 heterocycles. The maximum atomic E-state index is 12.9. The minimum absolute atomic E-state index is 0.0184. The first-order valence-electron chi connectivity index (χ1n) is 11.7. The molecule has 180 valence electrons. The number of amides is 1. The number of aromatic nitrogens is 1. The third-order valence-corrected chi connectivity index (χ3v) is 8.01. The molecule has 35 heavy (non-hydrogen) atoms. The third kappa shape index (κ3) is 4.54. The van der Waals surface area contributed by atoms with E-state index in [1.807, 2.05) is 62.6 Å². The molecule has 0 bridgehead atoms. The molecule has 1 N–H and O–H groups in total. The van der Waals surface area contributed by atoms with Crippen molar-refractivity contribution in [3.8, 4) is 11.1 Å². The molecule has 1 aliphatic rings. The van der Waals surface area contributed by atoms with Crippen molar-refractivity contribution in [2.45, 2.75) is 53.4 Å². The van der Waals surface area contributed by atoms with E-state index < -0.39 is 5.91 Å². The molecular formula is C28H29N3O3S. The maximum Gasteiger partial charge on any atom is 0.341 e. The predicted molar refractivity (Wildman–Crippen MR) is 139 cm³/mol. The van der Waals surface area contributed by atoms with E-state index in [2.05, 4.69) is 5.32 Å². The van der Waals surface area contributed by atoms with Gasteiger partial charge in [-0.15, -0.1) is 11.3 Å². The van der Waals surface area contributed by atoms with Crippen molar-refractivity contribution in [3.63, 3.8) is 0 Å². The zero-order valence-electron chi connectivity index (χ0n) is 20.7. The minimum atomic E-state index is -0.451. The van der Waals surface area contributed by atoms with Crippen molar-refractivity contribution in [2.24, 2.45) is 0 Å². The molecule has 0 radical (unpaired) electrons. The lowest BCUT2D eigenvalue weighted by atomic mass is 9.95. The van der Waals surface area contributed by atoms with Crippen molar-refractivity contribution in [3.05, 3.63) is 73.9 Å². The molecular weight excluding hydrogens is 458 g/mol. The van der Waals surface area contributed by atoms with E-state index in [4.69, 9.17) is 4.74 Å². The number of methoxy groups -OCH3 is 1. The maximum absolute atomic E-state index is 12.9. The Bertz CT molecular complexity index is 1400. The SMILES string of the molecule is COC(=O)c1c(-n2c(C)cc(/C=C(/C#N)C(=O)Nc3cccc(C)c3C)c2C)sc2c1CCCC2. The van der Waals surface area contributed by atoms with Gasteiger partial charge in [0, 0.05) is 22.0 Å². The number of ether oxygens (including phenoxy) is 1. The Balaban J connectivity index is 1.74. The normalized spacial score (nSPS) is 13.2. The molecule has 0 saturated heterocycles. The molecule has 1 aromatic carbocycles. The number of nitrogens with zero attached hydrogens (tertiary/aromatic N) is 2. The second-order valence-corrected chi connectivity index (χ2v) is 10.00. The van der Waals surface area contributed by atoms with E-state index in [0.29, 0.717) is 11.3 Å². The fourth-order valence-corrected chi connectivity index (χ4v) is 6.14. The number of anilines is 1. The van der Waals surface area contributed by atoms with Gasteiger partial charge in [-0.2, -0.15) is 5.26 Å². The van der Waals surface area contributed by atoms with Crippen LogP contribution in [0.15, 0.2) is 29.8 Å². The summed E-state index contributed by atoms with van der Waals surface area (Å²) in [5.41, 5.74) is 7.01. The predicted octanol–water partition coefficient (Wildman–Crippen LogP) is 5.98. The van der Waals surface area contributed by atoms with E-state index in [9.17, 15) is 14.9 Å². The summed E-state index contributed by atoms with van der Waals surface area (Å²) in [5, 5.41) is 13.5. The van der Waals surface area contributed by atoms with Crippen LogP contribution in [0, 0.1) is 39.0 Å². The Kier molecular flexibility index (Phi) is 6.95. The van der Waals surface area contributed by atoms with Gasteiger partial charge in [0.05, 0.1) is 12.7 Å². The van der Waals surface area contributed by atoms with E-state index >= 15 is 0 Å². The van der Waals surface area contributed by atoms with Crippen LogP contribution in [0.2, 0.25) is 0 Å². The van der Waals surface area contributed by atoms with E-state index in [0.717, 1.165) is 64.3 Å². The molecule has 0 spiro atoms. The first-order chi connectivity index (χ1) is 16.8. The molecule has 0 unspecified atom stereocenters. The van der Waals surface area contributed by atoms with Crippen LogP contribution in [0.1, 0.15) is 61.7 Å². The van der Waals surface area contributed by atoms with Gasteiger partial charge < -0.3 is 14.6 Å². The molecule has 3 aromatic rings. The highest BCUT2D eigenvalue weighted by atomic mass is 32.1. The molecule has 0 fully saturated rings. The second kappa shape index (κ2) is 9.93. The standard InChI is InChI=1S/C28H29N3O3S/c1-16-9-8-11-23(18(16)3)30-26(32)21(15-29)14-20-13-17(2)31(19(20)4)27-25(28(33)34-5)22-10-6-7-12-24(22)35-27/h8-9,11,13-14H,6-7,10,12H2,1-5H3,(H,30,32)/b21-14-. The van der Waals surface area contributed by atoms with Crippen LogP contribution >= 0.6 is 11.3 Å². The molecule has 1 aliphatic carbocycles. The molecule has 1 amide bonds. The lowest BCUT2D eigenvalue weighted by Gasteiger charge is -2.13. The van der Waals surface area contributed by atoms with Crippen molar-refractivity contribution in [1.29, 1.82) is 5.26 Å². The largest absolute Gasteiger partial charge is 0.465 e. The van der Waals surface area contributed by atoms with Gasteiger partial charge in [-0.25, -0.2) is 4.79 Å². The zero-order chi connectivity index (χ0) is 25.3. The number of aryl methyl sites for hydroxylation is 3. The Morgan fingerprint density at radius 2 is 1.91 bits per heavy atom. The van der Waals surface area contributed by atoms with Crippen LogP contribution in [0.25, 0.3) is 11.1 Å². The van der Waals surface area contributed by atoms with E-state index in [1.165, 1.54) is 12.0 Å². The lowest BCUT2D eigenvalue weighted by molar-refractivity contribution is -0.112. The molecule has 0 saturated carbocycles. The summed E-state index contributed by atoms with van der Waals surface area (Å²) in [4.78, 5) is 26.9. The lowest BCUT2D eigenvalue weighted by Crippen LogP contribution is -2.14. The number of nitriles is 1. The van der Waals surface area contributed by atoms with Gasteiger partial charge >= 0.3 is 5.97 Å². The summed E-state index contributed by atoms with van der Waals surface area (Å²) >= 11 is 1.63. The number of benzene rings is 1. The summed E-state index contributed by atoms with van der Waals surface area (Å²) in [6.45, 7) is 7.82. The Morgan fingerprint density at radius 1 is 1.17 bits per heavy atom. The van der Waals surface area contributed by atoms with Crippen LogP contribution in [0.3, 0.4) is 0 Å². The number of hydrogen-bond donors (Lipinski definition) is 1.